The van der Waals surface area contributed by atoms with Crippen LogP contribution >= 0.6 is 15.9 Å². The highest BCUT2D eigenvalue weighted by Crippen LogP contribution is 2.19. The van der Waals surface area contributed by atoms with Gasteiger partial charge in [0.2, 0.25) is 0 Å². The first kappa shape index (κ1) is 16.3. The van der Waals surface area contributed by atoms with Crippen LogP contribution < -0.4 is 10.6 Å². The average molecular weight is 365 g/mol. The number of amides is 2. The lowest BCUT2D eigenvalue weighted by molar-refractivity contribution is 0.0940. The van der Waals surface area contributed by atoms with Crippen LogP contribution in [0.15, 0.2) is 45.5 Å². The molecule has 22 heavy (non-hydrogen) atoms. The van der Waals surface area contributed by atoms with E-state index in [-0.39, 0.29) is 17.7 Å². The van der Waals surface area contributed by atoms with Crippen LogP contribution in [0.25, 0.3) is 0 Å². The second kappa shape index (κ2) is 7.26. The van der Waals surface area contributed by atoms with Crippen LogP contribution in [0.4, 0.5) is 5.69 Å². The van der Waals surface area contributed by atoms with Crippen LogP contribution in [0.1, 0.15) is 41.2 Å². The second-order valence-electron chi connectivity index (χ2n) is 4.89. The Kier molecular flexibility index (Phi) is 5.38. The highest BCUT2D eigenvalue weighted by molar-refractivity contribution is 9.10. The van der Waals surface area contributed by atoms with Crippen molar-refractivity contribution in [1.82, 2.24) is 5.32 Å². The van der Waals surface area contributed by atoms with Crippen molar-refractivity contribution in [3.8, 4) is 0 Å². The molecule has 2 rings (SSSR count). The maximum Gasteiger partial charge on any atom is 0.291 e. The summed E-state index contributed by atoms with van der Waals surface area (Å²) in [7, 11) is 0. The monoisotopic (exact) mass is 364 g/mol. The number of carbonyl (C=O) groups is 2. The molecule has 0 radical (unpaired) electrons. The van der Waals surface area contributed by atoms with Gasteiger partial charge in [0.15, 0.2) is 10.4 Å². The van der Waals surface area contributed by atoms with Gasteiger partial charge < -0.3 is 15.1 Å². The molecule has 0 saturated heterocycles. The Morgan fingerprint density at radius 2 is 1.91 bits per heavy atom. The molecule has 1 unspecified atom stereocenters. The number of hydrogen-bond donors (Lipinski definition) is 2. The van der Waals surface area contributed by atoms with Gasteiger partial charge in [0, 0.05) is 6.04 Å². The molecule has 0 spiro atoms. The number of hydrogen-bond acceptors (Lipinski definition) is 3. The number of anilines is 1. The molecule has 0 fully saturated rings. The van der Waals surface area contributed by atoms with Gasteiger partial charge in [0.05, 0.1) is 11.3 Å². The molecule has 2 amide bonds. The SMILES string of the molecule is CCC(C)NC(=O)c1ccccc1NC(=O)c1ccc(Br)o1. The molecular weight excluding hydrogens is 348 g/mol. The average Bonchev–Trinajstić information content (AvgIpc) is 2.94. The van der Waals surface area contributed by atoms with Gasteiger partial charge in [-0.15, -0.1) is 0 Å². The molecule has 0 saturated carbocycles. The molecule has 116 valence electrons. The molecular formula is C16H17BrN2O3. The van der Waals surface area contributed by atoms with Gasteiger partial charge in [-0.3, -0.25) is 9.59 Å². The van der Waals surface area contributed by atoms with Crippen LogP contribution in [0.5, 0.6) is 0 Å². The van der Waals surface area contributed by atoms with Crippen molar-refractivity contribution in [1.29, 1.82) is 0 Å². The predicted octanol–water partition coefficient (Wildman–Crippen LogP) is 3.82. The van der Waals surface area contributed by atoms with E-state index in [1.54, 1.807) is 36.4 Å². The van der Waals surface area contributed by atoms with E-state index in [9.17, 15) is 9.59 Å². The Labute approximate surface area is 137 Å². The van der Waals surface area contributed by atoms with Crippen molar-refractivity contribution in [2.75, 3.05) is 5.32 Å². The number of rotatable bonds is 5. The van der Waals surface area contributed by atoms with Gasteiger partial charge >= 0.3 is 0 Å². The Bertz CT molecular complexity index is 682. The Balaban J connectivity index is 2.18. The molecule has 0 aliphatic heterocycles. The first-order chi connectivity index (χ1) is 10.5. The van der Waals surface area contributed by atoms with Crippen molar-refractivity contribution in [2.45, 2.75) is 26.3 Å². The minimum Gasteiger partial charge on any atom is -0.444 e. The molecule has 1 atom stereocenters. The topological polar surface area (TPSA) is 71.3 Å². The quantitative estimate of drug-likeness (QED) is 0.846. The number of para-hydroxylation sites is 1. The number of carbonyl (C=O) groups excluding carboxylic acids is 2. The van der Waals surface area contributed by atoms with Crippen LogP contribution in [0, 0.1) is 0 Å². The van der Waals surface area contributed by atoms with Crippen LogP contribution in [0.2, 0.25) is 0 Å². The van der Waals surface area contributed by atoms with Gasteiger partial charge in [-0.05, 0) is 53.5 Å². The zero-order chi connectivity index (χ0) is 16.1. The fourth-order valence-electron chi connectivity index (χ4n) is 1.81. The largest absolute Gasteiger partial charge is 0.444 e. The fourth-order valence-corrected chi connectivity index (χ4v) is 2.12. The molecule has 6 heteroatoms. The molecule has 0 aliphatic rings. The summed E-state index contributed by atoms with van der Waals surface area (Å²) >= 11 is 3.15. The fraction of sp³-hybridized carbons (Fsp3) is 0.250. The van der Waals surface area contributed by atoms with E-state index in [2.05, 4.69) is 26.6 Å². The lowest BCUT2D eigenvalue weighted by atomic mass is 10.1. The minimum absolute atomic E-state index is 0.0669. The Hall–Kier alpha value is -2.08. The summed E-state index contributed by atoms with van der Waals surface area (Å²) in [6.07, 6.45) is 0.834. The zero-order valence-electron chi connectivity index (χ0n) is 12.4. The Morgan fingerprint density at radius 3 is 2.55 bits per heavy atom. The summed E-state index contributed by atoms with van der Waals surface area (Å²) in [5.74, 6) is -0.454. The third kappa shape index (κ3) is 3.98. The normalized spacial score (nSPS) is 11.8. The summed E-state index contributed by atoms with van der Waals surface area (Å²) in [5.41, 5.74) is 0.864. The van der Waals surface area contributed by atoms with Crippen molar-refractivity contribution >= 4 is 33.4 Å². The predicted molar refractivity (Wildman–Crippen MR) is 88.0 cm³/mol. The Morgan fingerprint density at radius 1 is 1.18 bits per heavy atom. The molecule has 2 N–H and O–H groups in total. The number of nitrogens with one attached hydrogen (secondary N) is 2. The molecule has 0 aliphatic carbocycles. The molecule has 1 aromatic heterocycles. The van der Waals surface area contributed by atoms with Crippen molar-refractivity contribution in [3.63, 3.8) is 0 Å². The molecule has 5 nitrogen and oxygen atoms in total. The van der Waals surface area contributed by atoms with Crippen LogP contribution in [-0.2, 0) is 0 Å². The maximum absolute atomic E-state index is 12.3. The maximum atomic E-state index is 12.3. The summed E-state index contributed by atoms with van der Waals surface area (Å²) in [5, 5.41) is 5.58. The molecule has 0 bridgehead atoms. The van der Waals surface area contributed by atoms with Crippen molar-refractivity contribution in [2.24, 2.45) is 0 Å². The van der Waals surface area contributed by atoms with E-state index in [4.69, 9.17) is 4.42 Å². The van der Waals surface area contributed by atoms with Crippen LogP contribution in [-0.4, -0.2) is 17.9 Å². The van der Waals surface area contributed by atoms with E-state index in [0.29, 0.717) is 15.9 Å². The zero-order valence-corrected chi connectivity index (χ0v) is 13.9. The number of halogens is 1. The van der Waals surface area contributed by atoms with Gasteiger partial charge in [-0.1, -0.05) is 19.1 Å². The lowest BCUT2D eigenvalue weighted by Crippen LogP contribution is -2.32. The highest BCUT2D eigenvalue weighted by atomic mass is 79.9. The van der Waals surface area contributed by atoms with E-state index in [1.807, 2.05) is 13.8 Å². The van der Waals surface area contributed by atoms with E-state index >= 15 is 0 Å². The van der Waals surface area contributed by atoms with Gasteiger partial charge in [-0.25, -0.2) is 0 Å². The lowest BCUT2D eigenvalue weighted by Gasteiger charge is -2.14. The number of furan rings is 1. The minimum atomic E-state index is -0.408. The second-order valence-corrected chi connectivity index (χ2v) is 5.67. The van der Waals surface area contributed by atoms with Crippen molar-refractivity contribution in [3.05, 3.63) is 52.4 Å². The third-order valence-corrected chi connectivity index (χ3v) is 3.63. The third-order valence-electron chi connectivity index (χ3n) is 3.21. The smallest absolute Gasteiger partial charge is 0.291 e. The highest BCUT2D eigenvalue weighted by Gasteiger charge is 2.16. The van der Waals surface area contributed by atoms with E-state index < -0.39 is 5.91 Å². The summed E-state index contributed by atoms with van der Waals surface area (Å²) < 4.78 is 5.68. The standard InChI is InChI=1S/C16H17BrN2O3/c1-3-10(2)18-15(20)11-6-4-5-7-12(11)19-16(21)13-8-9-14(17)22-13/h4-10H,3H2,1-2H3,(H,18,20)(H,19,21). The van der Waals surface area contributed by atoms with Crippen molar-refractivity contribution < 1.29 is 14.0 Å². The van der Waals surface area contributed by atoms with Gasteiger partial charge in [0.25, 0.3) is 11.8 Å². The summed E-state index contributed by atoms with van der Waals surface area (Å²) in [6.45, 7) is 3.92. The first-order valence-electron chi connectivity index (χ1n) is 6.97. The van der Waals surface area contributed by atoms with Crippen LogP contribution in [0.3, 0.4) is 0 Å². The van der Waals surface area contributed by atoms with Gasteiger partial charge in [-0.2, -0.15) is 0 Å². The van der Waals surface area contributed by atoms with E-state index in [1.165, 1.54) is 0 Å². The molecule has 1 aromatic carbocycles. The number of benzene rings is 1. The summed E-state index contributed by atoms with van der Waals surface area (Å²) in [4.78, 5) is 24.4. The first-order valence-corrected chi connectivity index (χ1v) is 7.77. The molecule has 1 heterocycles. The molecule has 2 aromatic rings. The summed E-state index contributed by atoms with van der Waals surface area (Å²) in [6, 6.07) is 10.1. The van der Waals surface area contributed by atoms with E-state index in [0.717, 1.165) is 6.42 Å². The van der Waals surface area contributed by atoms with Gasteiger partial charge in [0.1, 0.15) is 0 Å².